The molecule has 0 saturated heterocycles. The second-order valence-electron chi connectivity index (χ2n) is 6.13. The van der Waals surface area contributed by atoms with Crippen LogP contribution in [-0.2, 0) is 30.9 Å². The van der Waals surface area contributed by atoms with Crippen LogP contribution in [0.3, 0.4) is 0 Å². The molecule has 0 saturated carbocycles. The molecule has 8 nitrogen and oxygen atoms in total. The molecule has 0 aliphatic carbocycles. The number of halogens is 1. The number of nitrogens with zero attached hydrogens (tertiary/aromatic N) is 2. The van der Waals surface area contributed by atoms with Gasteiger partial charge in [-0.25, -0.2) is 12.8 Å². The smallest absolute Gasteiger partial charge is 0.242 e. The Morgan fingerprint density at radius 3 is 2.37 bits per heavy atom. The Hall–Kier alpha value is -2.04. The molecule has 0 fully saturated rings. The van der Waals surface area contributed by atoms with Gasteiger partial charge in [0.2, 0.25) is 21.8 Å². The van der Waals surface area contributed by atoms with Crippen molar-refractivity contribution in [1.82, 2.24) is 14.5 Å². The normalized spacial score (nSPS) is 12.7. The first-order valence-electron chi connectivity index (χ1n) is 8.28. The largest absolute Gasteiger partial charge is 0.383 e. The molecule has 2 amide bonds. The molecule has 1 N–H and O–H groups in total. The molecule has 0 aliphatic heterocycles. The molecule has 0 heterocycles. The zero-order chi connectivity index (χ0) is 20.6. The molecular formula is C17H26FN3O5S. The number of ether oxygens (including phenoxy) is 1. The fourth-order valence-corrected chi connectivity index (χ4v) is 2.54. The van der Waals surface area contributed by atoms with E-state index in [9.17, 15) is 22.4 Å². The van der Waals surface area contributed by atoms with Gasteiger partial charge in [0.15, 0.2) is 0 Å². The molecule has 1 aromatic carbocycles. The van der Waals surface area contributed by atoms with E-state index in [4.69, 9.17) is 4.74 Å². The van der Waals surface area contributed by atoms with Crippen LogP contribution in [-0.4, -0.2) is 75.6 Å². The van der Waals surface area contributed by atoms with Gasteiger partial charge >= 0.3 is 0 Å². The van der Waals surface area contributed by atoms with Gasteiger partial charge in [-0.1, -0.05) is 12.1 Å². The van der Waals surface area contributed by atoms with Crippen molar-refractivity contribution in [2.24, 2.45) is 0 Å². The average Bonchev–Trinajstić information content (AvgIpc) is 2.59. The number of nitrogens with one attached hydrogen (secondary N) is 1. The second kappa shape index (κ2) is 10.3. The van der Waals surface area contributed by atoms with Crippen molar-refractivity contribution in [1.29, 1.82) is 0 Å². The first-order valence-corrected chi connectivity index (χ1v) is 10.1. The highest BCUT2D eigenvalue weighted by atomic mass is 32.2. The van der Waals surface area contributed by atoms with Crippen LogP contribution in [0.1, 0.15) is 12.5 Å². The van der Waals surface area contributed by atoms with E-state index < -0.39 is 40.2 Å². The van der Waals surface area contributed by atoms with Crippen molar-refractivity contribution in [3.63, 3.8) is 0 Å². The van der Waals surface area contributed by atoms with E-state index >= 15 is 0 Å². The summed E-state index contributed by atoms with van der Waals surface area (Å²) in [6.07, 6.45) is 0.992. The van der Waals surface area contributed by atoms with Gasteiger partial charge < -0.3 is 15.0 Å². The van der Waals surface area contributed by atoms with Gasteiger partial charge in [-0.3, -0.25) is 9.59 Å². The van der Waals surface area contributed by atoms with E-state index in [0.29, 0.717) is 12.2 Å². The van der Waals surface area contributed by atoms with Gasteiger partial charge in [0.1, 0.15) is 11.9 Å². The van der Waals surface area contributed by atoms with Crippen LogP contribution in [0.15, 0.2) is 24.3 Å². The van der Waals surface area contributed by atoms with E-state index in [-0.39, 0.29) is 13.1 Å². The van der Waals surface area contributed by atoms with Crippen molar-refractivity contribution in [3.8, 4) is 0 Å². The third-order valence-electron chi connectivity index (χ3n) is 3.96. The van der Waals surface area contributed by atoms with Crippen LogP contribution >= 0.6 is 0 Å². The predicted octanol–water partition coefficient (Wildman–Crippen LogP) is 0.197. The van der Waals surface area contributed by atoms with Gasteiger partial charge in [0.05, 0.1) is 19.4 Å². The minimum atomic E-state index is -3.55. The predicted molar refractivity (Wildman–Crippen MR) is 98.8 cm³/mol. The Balaban J connectivity index is 2.98. The fraction of sp³-hybridized carbons (Fsp3) is 0.529. The quantitative estimate of drug-likeness (QED) is 0.563. The maximum atomic E-state index is 13.1. The summed E-state index contributed by atoms with van der Waals surface area (Å²) in [7, 11) is -0.769. The minimum absolute atomic E-state index is 0.0373. The highest BCUT2D eigenvalue weighted by Crippen LogP contribution is 2.11. The number of hydrogen-bond donors (Lipinski definition) is 1. The van der Waals surface area contributed by atoms with E-state index in [1.54, 1.807) is 6.92 Å². The number of carbonyl (C=O) groups is 2. The summed E-state index contributed by atoms with van der Waals surface area (Å²) in [5, 5.41) is 2.65. The van der Waals surface area contributed by atoms with E-state index in [1.165, 1.54) is 43.3 Å². The number of carbonyl (C=O) groups excluding carboxylic acids is 2. The van der Waals surface area contributed by atoms with Gasteiger partial charge in [-0.05, 0) is 24.6 Å². The minimum Gasteiger partial charge on any atom is -0.383 e. The Morgan fingerprint density at radius 1 is 1.26 bits per heavy atom. The SMILES string of the molecule is COCCNC(=O)[C@@H](C)N(Cc1ccc(F)cc1)C(=O)CN(C)S(C)(=O)=O. The maximum Gasteiger partial charge on any atom is 0.242 e. The lowest BCUT2D eigenvalue weighted by Gasteiger charge is -2.30. The van der Waals surface area contributed by atoms with Gasteiger partial charge in [-0.15, -0.1) is 0 Å². The lowest BCUT2D eigenvalue weighted by molar-refractivity contribution is -0.140. The average molecular weight is 403 g/mol. The molecule has 10 heteroatoms. The zero-order valence-corrected chi connectivity index (χ0v) is 16.8. The molecule has 0 radical (unpaired) electrons. The second-order valence-corrected chi connectivity index (χ2v) is 8.22. The Kier molecular flexibility index (Phi) is 8.80. The molecule has 0 bridgehead atoms. The topological polar surface area (TPSA) is 96.0 Å². The first-order chi connectivity index (χ1) is 12.6. The summed E-state index contributed by atoms with van der Waals surface area (Å²) in [5.74, 6) is -1.36. The van der Waals surface area contributed by atoms with Crippen LogP contribution < -0.4 is 5.32 Å². The van der Waals surface area contributed by atoms with Crippen LogP contribution in [0.5, 0.6) is 0 Å². The number of methoxy groups -OCH3 is 1. The number of sulfonamides is 1. The highest BCUT2D eigenvalue weighted by molar-refractivity contribution is 7.88. The van der Waals surface area contributed by atoms with Crippen LogP contribution in [0.2, 0.25) is 0 Å². The summed E-state index contributed by atoms with van der Waals surface area (Å²) >= 11 is 0. The summed E-state index contributed by atoms with van der Waals surface area (Å²) < 4.78 is 42.1. The third kappa shape index (κ3) is 7.61. The molecule has 0 aromatic heterocycles. The lowest BCUT2D eigenvalue weighted by Crippen LogP contribution is -2.50. The molecule has 152 valence electrons. The van der Waals surface area contributed by atoms with Crippen LogP contribution in [0, 0.1) is 5.82 Å². The Labute approximate surface area is 159 Å². The molecular weight excluding hydrogens is 377 g/mol. The standard InChI is InChI=1S/C17H26FN3O5S/c1-13(17(23)19-9-10-26-3)21(11-14-5-7-15(18)8-6-14)16(22)12-20(2)27(4,24)25/h5-8,13H,9-12H2,1-4H3,(H,19,23)/t13-/m1/s1. The molecule has 1 aromatic rings. The molecule has 1 rings (SSSR count). The molecule has 0 spiro atoms. The van der Waals surface area contributed by atoms with E-state index in [0.717, 1.165) is 10.6 Å². The van der Waals surface area contributed by atoms with Gasteiger partial charge in [0, 0.05) is 27.2 Å². The first kappa shape index (κ1) is 23.0. The summed E-state index contributed by atoms with van der Waals surface area (Å²) in [5.41, 5.74) is 0.614. The number of amides is 2. The van der Waals surface area contributed by atoms with E-state index in [1.807, 2.05) is 0 Å². The summed E-state index contributed by atoms with van der Waals surface area (Å²) in [6, 6.07) is 4.66. The van der Waals surface area contributed by atoms with Crippen molar-refractivity contribution in [2.45, 2.75) is 19.5 Å². The maximum absolute atomic E-state index is 13.1. The van der Waals surface area contributed by atoms with Crippen LogP contribution in [0.25, 0.3) is 0 Å². The van der Waals surface area contributed by atoms with Gasteiger partial charge in [-0.2, -0.15) is 4.31 Å². The lowest BCUT2D eigenvalue weighted by atomic mass is 10.1. The monoisotopic (exact) mass is 403 g/mol. The van der Waals surface area contributed by atoms with Gasteiger partial charge in [0.25, 0.3) is 0 Å². The third-order valence-corrected chi connectivity index (χ3v) is 5.22. The molecule has 0 aliphatic rings. The number of rotatable bonds is 10. The fourth-order valence-electron chi connectivity index (χ4n) is 2.19. The van der Waals surface area contributed by atoms with Crippen molar-refractivity contribution in [3.05, 3.63) is 35.6 Å². The highest BCUT2D eigenvalue weighted by Gasteiger charge is 2.28. The Morgan fingerprint density at radius 2 is 1.85 bits per heavy atom. The summed E-state index contributed by atoms with van der Waals surface area (Å²) in [6.45, 7) is 1.78. The van der Waals surface area contributed by atoms with Crippen molar-refractivity contribution < 1.29 is 27.1 Å². The van der Waals surface area contributed by atoms with Crippen LogP contribution in [0.4, 0.5) is 4.39 Å². The number of likely N-dealkylation sites (N-methyl/N-ethyl adjacent to an activating group) is 1. The molecule has 27 heavy (non-hydrogen) atoms. The van der Waals surface area contributed by atoms with Crippen molar-refractivity contribution in [2.75, 3.05) is 40.1 Å². The van der Waals surface area contributed by atoms with E-state index in [2.05, 4.69) is 5.32 Å². The van der Waals surface area contributed by atoms with Crippen molar-refractivity contribution >= 4 is 21.8 Å². The zero-order valence-electron chi connectivity index (χ0n) is 15.9. The molecule has 0 unspecified atom stereocenters. The Bertz CT molecular complexity index is 739. The summed E-state index contributed by atoms with van der Waals surface area (Å²) in [4.78, 5) is 26.3. The number of hydrogen-bond acceptors (Lipinski definition) is 5. The number of benzene rings is 1. The molecule has 1 atom stereocenters.